The zero-order valence-corrected chi connectivity index (χ0v) is 18.4. The highest BCUT2D eigenvalue weighted by Crippen LogP contribution is 2.28. The van der Waals surface area contributed by atoms with E-state index in [9.17, 15) is 14.9 Å². The quantitative estimate of drug-likeness (QED) is 0.763. The average molecular weight is 431 g/mol. The van der Waals surface area contributed by atoms with Crippen molar-refractivity contribution in [2.45, 2.75) is 25.7 Å². The number of nitriles is 1. The average Bonchev–Trinajstić information content (AvgIpc) is 3.39. The second kappa shape index (κ2) is 10.4. The Morgan fingerprint density at radius 3 is 2.31 bits per heavy atom. The van der Waals surface area contributed by atoms with Crippen LogP contribution in [0.1, 0.15) is 41.6 Å². The summed E-state index contributed by atoms with van der Waals surface area (Å²) in [4.78, 5) is 29.8. The van der Waals surface area contributed by atoms with Gasteiger partial charge in [-0.25, -0.2) is 0 Å². The number of nitrogens with zero attached hydrogens (tertiary/aromatic N) is 3. The Morgan fingerprint density at radius 1 is 0.938 bits per heavy atom. The molecule has 1 aliphatic heterocycles. The molecule has 2 aromatic rings. The lowest BCUT2D eigenvalue weighted by Gasteiger charge is -2.36. The molecule has 1 aliphatic carbocycles. The summed E-state index contributed by atoms with van der Waals surface area (Å²) in [6, 6.07) is 16.9. The van der Waals surface area contributed by atoms with Gasteiger partial charge in [0.2, 0.25) is 5.91 Å². The van der Waals surface area contributed by atoms with Gasteiger partial charge in [-0.2, -0.15) is 5.26 Å². The Morgan fingerprint density at radius 2 is 1.59 bits per heavy atom. The minimum Gasteiger partial charge on any atom is -0.351 e. The van der Waals surface area contributed by atoms with E-state index in [1.807, 2.05) is 41.3 Å². The molecule has 1 heterocycles. The Labute approximate surface area is 189 Å². The maximum absolute atomic E-state index is 12.9. The van der Waals surface area contributed by atoms with Gasteiger partial charge in [-0.3, -0.25) is 14.5 Å². The lowest BCUT2D eigenvalue weighted by Crippen LogP contribution is -2.51. The smallest absolute Gasteiger partial charge is 0.251 e. The molecule has 1 N–H and O–H groups in total. The van der Waals surface area contributed by atoms with E-state index < -0.39 is 0 Å². The van der Waals surface area contributed by atoms with Crippen molar-refractivity contribution < 1.29 is 9.59 Å². The molecule has 0 bridgehead atoms. The molecule has 2 amide bonds. The van der Waals surface area contributed by atoms with Gasteiger partial charge in [0.15, 0.2) is 0 Å². The summed E-state index contributed by atoms with van der Waals surface area (Å²) in [5.41, 5.74) is 2.66. The first-order valence-corrected chi connectivity index (χ1v) is 11.6. The van der Waals surface area contributed by atoms with Crippen molar-refractivity contribution in [1.82, 2.24) is 15.1 Å². The Bertz CT molecular complexity index is 999. The summed E-state index contributed by atoms with van der Waals surface area (Å²) in [7, 11) is 0. The summed E-state index contributed by atoms with van der Waals surface area (Å²) in [6.45, 7) is 4.55. The topological polar surface area (TPSA) is 76.4 Å². The molecule has 166 valence electrons. The summed E-state index contributed by atoms with van der Waals surface area (Å²) in [5.74, 6) is 0.445. The van der Waals surface area contributed by atoms with Crippen LogP contribution >= 0.6 is 0 Å². The van der Waals surface area contributed by atoms with Crippen molar-refractivity contribution in [1.29, 1.82) is 5.26 Å². The minimum atomic E-state index is -0.136. The van der Waals surface area contributed by atoms with E-state index in [0.29, 0.717) is 23.6 Å². The zero-order chi connectivity index (χ0) is 22.3. The van der Waals surface area contributed by atoms with Crippen LogP contribution < -0.4 is 5.32 Å². The van der Waals surface area contributed by atoms with Crippen LogP contribution in [0, 0.1) is 17.2 Å². The summed E-state index contributed by atoms with van der Waals surface area (Å²) in [6.07, 6.45) is 4.46. The number of hydrogen-bond donors (Lipinski definition) is 1. The van der Waals surface area contributed by atoms with Crippen molar-refractivity contribution in [2.24, 2.45) is 5.92 Å². The third kappa shape index (κ3) is 5.00. The van der Waals surface area contributed by atoms with E-state index in [-0.39, 0.29) is 11.8 Å². The Balaban J connectivity index is 1.29. The SMILES string of the molecule is N#Cc1ccccc1-c1ccccc1C(=O)NCCN1CCN(C(=O)C2CCCC2)CC1. The van der Waals surface area contributed by atoms with Crippen LogP contribution in [0.5, 0.6) is 0 Å². The maximum Gasteiger partial charge on any atom is 0.251 e. The largest absolute Gasteiger partial charge is 0.351 e. The first-order chi connectivity index (χ1) is 15.7. The number of hydrogen-bond acceptors (Lipinski definition) is 4. The van der Waals surface area contributed by atoms with Gasteiger partial charge in [-0.1, -0.05) is 49.2 Å². The van der Waals surface area contributed by atoms with Gasteiger partial charge in [-0.15, -0.1) is 0 Å². The molecule has 6 heteroatoms. The van der Waals surface area contributed by atoms with E-state index in [0.717, 1.165) is 56.7 Å². The van der Waals surface area contributed by atoms with Crippen LogP contribution in [0.15, 0.2) is 48.5 Å². The van der Waals surface area contributed by atoms with Gasteiger partial charge < -0.3 is 10.2 Å². The molecule has 4 rings (SSSR count). The summed E-state index contributed by atoms with van der Waals surface area (Å²) >= 11 is 0. The molecule has 0 atom stereocenters. The fourth-order valence-electron chi connectivity index (χ4n) is 4.78. The number of carbonyl (C=O) groups is 2. The van der Waals surface area contributed by atoms with Crippen molar-refractivity contribution >= 4 is 11.8 Å². The van der Waals surface area contributed by atoms with Crippen LogP contribution in [0.3, 0.4) is 0 Å². The highest BCUT2D eigenvalue weighted by molar-refractivity contribution is 6.01. The predicted molar refractivity (Wildman–Crippen MR) is 124 cm³/mol. The molecule has 2 aromatic carbocycles. The van der Waals surface area contributed by atoms with Crippen LogP contribution in [0.4, 0.5) is 0 Å². The Kier molecular flexibility index (Phi) is 7.18. The van der Waals surface area contributed by atoms with Crippen molar-refractivity contribution in [3.8, 4) is 17.2 Å². The lowest BCUT2D eigenvalue weighted by molar-refractivity contribution is -0.137. The summed E-state index contributed by atoms with van der Waals surface area (Å²) in [5, 5.41) is 12.5. The number of nitrogens with one attached hydrogen (secondary N) is 1. The van der Waals surface area contributed by atoms with Crippen molar-refractivity contribution in [3.05, 3.63) is 59.7 Å². The van der Waals surface area contributed by atoms with E-state index in [4.69, 9.17) is 0 Å². The normalized spacial score (nSPS) is 17.2. The van der Waals surface area contributed by atoms with Crippen LogP contribution in [0.2, 0.25) is 0 Å². The fourth-order valence-corrected chi connectivity index (χ4v) is 4.78. The van der Waals surface area contributed by atoms with E-state index >= 15 is 0 Å². The Hall–Kier alpha value is -3.17. The van der Waals surface area contributed by atoms with Gasteiger partial charge in [0.25, 0.3) is 5.91 Å². The minimum absolute atomic E-state index is 0.136. The highest BCUT2D eigenvalue weighted by Gasteiger charge is 2.29. The first kappa shape index (κ1) is 22.0. The van der Waals surface area contributed by atoms with Crippen LogP contribution in [-0.4, -0.2) is 60.9 Å². The lowest BCUT2D eigenvalue weighted by atomic mass is 9.95. The van der Waals surface area contributed by atoms with Gasteiger partial charge in [0, 0.05) is 56.3 Å². The van der Waals surface area contributed by atoms with Gasteiger partial charge in [0.05, 0.1) is 11.6 Å². The van der Waals surface area contributed by atoms with Crippen molar-refractivity contribution in [3.63, 3.8) is 0 Å². The molecule has 1 saturated heterocycles. The molecule has 0 unspecified atom stereocenters. The highest BCUT2D eigenvalue weighted by atomic mass is 16.2. The second-order valence-electron chi connectivity index (χ2n) is 8.61. The number of rotatable bonds is 6. The fraction of sp³-hybridized carbons (Fsp3) is 0.423. The number of benzene rings is 2. The van der Waals surface area contributed by atoms with Gasteiger partial charge in [-0.05, 0) is 30.5 Å². The summed E-state index contributed by atoms with van der Waals surface area (Å²) < 4.78 is 0. The first-order valence-electron chi connectivity index (χ1n) is 11.6. The van der Waals surface area contributed by atoms with Crippen molar-refractivity contribution in [2.75, 3.05) is 39.3 Å². The van der Waals surface area contributed by atoms with E-state index in [2.05, 4.69) is 16.3 Å². The third-order valence-electron chi connectivity index (χ3n) is 6.61. The standard InChI is InChI=1S/C26H30N4O2/c27-19-21-9-3-4-10-22(21)23-11-5-6-12-24(23)25(31)28-13-14-29-15-17-30(18-16-29)26(32)20-7-1-2-8-20/h3-6,9-12,20H,1-2,7-8,13-18H2,(H,28,31). The molecule has 6 nitrogen and oxygen atoms in total. The molecule has 2 aliphatic rings. The maximum atomic E-state index is 12.9. The van der Waals surface area contributed by atoms with Crippen LogP contribution in [-0.2, 0) is 4.79 Å². The third-order valence-corrected chi connectivity index (χ3v) is 6.61. The number of piperazine rings is 1. The molecular weight excluding hydrogens is 400 g/mol. The zero-order valence-electron chi connectivity index (χ0n) is 18.4. The molecule has 0 spiro atoms. The molecule has 2 fully saturated rings. The van der Waals surface area contributed by atoms with Gasteiger partial charge in [0.1, 0.15) is 0 Å². The molecule has 0 aromatic heterocycles. The number of amides is 2. The molecule has 1 saturated carbocycles. The van der Waals surface area contributed by atoms with Gasteiger partial charge >= 0.3 is 0 Å². The van der Waals surface area contributed by atoms with E-state index in [1.165, 1.54) is 12.8 Å². The second-order valence-corrected chi connectivity index (χ2v) is 8.61. The monoisotopic (exact) mass is 430 g/mol. The van der Waals surface area contributed by atoms with Crippen LogP contribution in [0.25, 0.3) is 11.1 Å². The predicted octanol–water partition coefficient (Wildman–Crippen LogP) is 3.29. The molecular formula is C26H30N4O2. The molecule has 0 radical (unpaired) electrons. The molecule has 32 heavy (non-hydrogen) atoms. The van der Waals surface area contributed by atoms with E-state index in [1.54, 1.807) is 12.1 Å². The number of carbonyl (C=O) groups excluding carboxylic acids is 2.